The number of imidazole rings is 1. The van der Waals surface area contributed by atoms with Crippen molar-refractivity contribution in [3.63, 3.8) is 0 Å². The summed E-state index contributed by atoms with van der Waals surface area (Å²) in [5, 5.41) is 0. The average molecular weight is 259 g/mol. The van der Waals surface area contributed by atoms with Gasteiger partial charge >= 0.3 is 0 Å². The predicted octanol–water partition coefficient (Wildman–Crippen LogP) is 1.57. The van der Waals surface area contributed by atoms with E-state index >= 15 is 0 Å². The molecule has 102 valence electrons. The van der Waals surface area contributed by atoms with Crippen LogP contribution in [0.1, 0.15) is 35.2 Å². The molecule has 0 bridgehead atoms. The first kappa shape index (κ1) is 13.7. The summed E-state index contributed by atoms with van der Waals surface area (Å²) in [4.78, 5) is 8.82. The highest BCUT2D eigenvalue weighted by Crippen LogP contribution is 2.20. The fraction of sp³-hybridized carbons (Fsp3) is 0.429. The molecule has 0 amide bonds. The summed E-state index contributed by atoms with van der Waals surface area (Å²) in [6.07, 6.45) is 5.55. The molecule has 2 rings (SSSR count). The molecule has 5 nitrogen and oxygen atoms in total. The van der Waals surface area contributed by atoms with E-state index in [2.05, 4.69) is 21.5 Å². The molecule has 3 N–H and O–H groups in total. The Balaban J connectivity index is 2.10. The zero-order valence-electron chi connectivity index (χ0n) is 11.7. The third-order valence-electron chi connectivity index (χ3n) is 3.42. The van der Waals surface area contributed by atoms with Gasteiger partial charge in [-0.1, -0.05) is 6.07 Å². The fourth-order valence-corrected chi connectivity index (χ4v) is 2.31. The second-order valence-electron chi connectivity index (χ2n) is 4.84. The molecule has 0 aliphatic rings. The van der Waals surface area contributed by atoms with Gasteiger partial charge in [-0.25, -0.2) is 4.98 Å². The number of nitrogens with two attached hydrogens (primary N) is 1. The number of nitrogens with one attached hydrogen (secondary N) is 1. The number of aryl methyl sites for hydroxylation is 4. The Bertz CT molecular complexity index is 547. The van der Waals surface area contributed by atoms with E-state index in [9.17, 15) is 0 Å². The van der Waals surface area contributed by atoms with Gasteiger partial charge in [0.1, 0.15) is 5.82 Å². The molecule has 0 aliphatic heterocycles. The lowest BCUT2D eigenvalue weighted by atomic mass is 10.0. The van der Waals surface area contributed by atoms with Gasteiger partial charge in [0.15, 0.2) is 0 Å². The molecule has 0 fully saturated rings. The van der Waals surface area contributed by atoms with Crippen LogP contribution in [-0.4, -0.2) is 14.5 Å². The van der Waals surface area contributed by atoms with E-state index in [1.807, 2.05) is 43.9 Å². The van der Waals surface area contributed by atoms with Crippen molar-refractivity contribution >= 4 is 0 Å². The number of pyridine rings is 1. The summed E-state index contributed by atoms with van der Waals surface area (Å²) in [5.74, 6) is 6.75. The Labute approximate surface area is 113 Å². The van der Waals surface area contributed by atoms with Crippen LogP contribution in [0.2, 0.25) is 0 Å². The maximum absolute atomic E-state index is 5.68. The third kappa shape index (κ3) is 3.19. The van der Waals surface area contributed by atoms with Crippen molar-refractivity contribution in [3.05, 3.63) is 47.3 Å². The SMILES string of the molecule is Cc1ccc(C(CCc2nccn2C)NN)c(C)n1. The highest BCUT2D eigenvalue weighted by Gasteiger charge is 2.14. The Kier molecular flexibility index (Phi) is 4.29. The first-order valence-electron chi connectivity index (χ1n) is 6.48. The third-order valence-corrected chi connectivity index (χ3v) is 3.42. The van der Waals surface area contributed by atoms with E-state index < -0.39 is 0 Å². The van der Waals surface area contributed by atoms with E-state index in [4.69, 9.17) is 5.84 Å². The van der Waals surface area contributed by atoms with Crippen LogP contribution in [-0.2, 0) is 13.5 Å². The first-order valence-corrected chi connectivity index (χ1v) is 6.48. The van der Waals surface area contributed by atoms with Gasteiger partial charge < -0.3 is 4.57 Å². The monoisotopic (exact) mass is 259 g/mol. The zero-order chi connectivity index (χ0) is 13.8. The summed E-state index contributed by atoms with van der Waals surface area (Å²) < 4.78 is 2.04. The van der Waals surface area contributed by atoms with Crippen molar-refractivity contribution in [2.24, 2.45) is 12.9 Å². The van der Waals surface area contributed by atoms with Crippen molar-refractivity contribution < 1.29 is 0 Å². The van der Waals surface area contributed by atoms with Crippen molar-refractivity contribution in [2.75, 3.05) is 0 Å². The minimum Gasteiger partial charge on any atom is -0.338 e. The molecule has 19 heavy (non-hydrogen) atoms. The molecule has 2 aromatic heterocycles. The zero-order valence-corrected chi connectivity index (χ0v) is 11.7. The Morgan fingerprint density at radius 2 is 2.16 bits per heavy atom. The molecule has 0 spiro atoms. The maximum Gasteiger partial charge on any atom is 0.108 e. The summed E-state index contributed by atoms with van der Waals surface area (Å²) in [6.45, 7) is 4.02. The number of nitrogens with zero attached hydrogens (tertiary/aromatic N) is 3. The van der Waals surface area contributed by atoms with E-state index in [1.54, 1.807) is 0 Å². The largest absolute Gasteiger partial charge is 0.338 e. The van der Waals surface area contributed by atoms with E-state index in [1.165, 1.54) is 0 Å². The van der Waals surface area contributed by atoms with E-state index in [0.717, 1.165) is 35.6 Å². The number of hydrogen-bond acceptors (Lipinski definition) is 4. The molecule has 5 heteroatoms. The number of hydrogen-bond donors (Lipinski definition) is 2. The van der Waals surface area contributed by atoms with Gasteiger partial charge in [0.05, 0.1) is 0 Å². The number of aromatic nitrogens is 3. The second kappa shape index (κ2) is 5.95. The predicted molar refractivity (Wildman–Crippen MR) is 75.3 cm³/mol. The molecule has 0 aromatic carbocycles. The summed E-state index contributed by atoms with van der Waals surface area (Å²) >= 11 is 0. The molecule has 0 saturated carbocycles. The molecule has 2 heterocycles. The Morgan fingerprint density at radius 3 is 2.74 bits per heavy atom. The van der Waals surface area contributed by atoms with Crippen LogP contribution in [0, 0.1) is 13.8 Å². The average Bonchev–Trinajstić information content (AvgIpc) is 2.78. The second-order valence-corrected chi connectivity index (χ2v) is 4.84. The van der Waals surface area contributed by atoms with Gasteiger partial charge in [-0.2, -0.15) is 0 Å². The number of hydrazine groups is 1. The van der Waals surface area contributed by atoms with Crippen LogP contribution in [0.25, 0.3) is 0 Å². The van der Waals surface area contributed by atoms with Crippen molar-refractivity contribution in [1.29, 1.82) is 0 Å². The summed E-state index contributed by atoms with van der Waals surface area (Å²) in [7, 11) is 2.01. The van der Waals surface area contributed by atoms with Crippen LogP contribution < -0.4 is 11.3 Å². The maximum atomic E-state index is 5.68. The van der Waals surface area contributed by atoms with Crippen LogP contribution in [0.15, 0.2) is 24.5 Å². The van der Waals surface area contributed by atoms with E-state index in [-0.39, 0.29) is 6.04 Å². The van der Waals surface area contributed by atoms with E-state index in [0.29, 0.717) is 0 Å². The Morgan fingerprint density at radius 1 is 1.37 bits per heavy atom. The van der Waals surface area contributed by atoms with Gasteiger partial charge in [-0.3, -0.25) is 16.3 Å². The first-order chi connectivity index (χ1) is 9.11. The normalized spacial score (nSPS) is 12.6. The highest BCUT2D eigenvalue weighted by molar-refractivity contribution is 5.25. The molecule has 0 radical (unpaired) electrons. The smallest absolute Gasteiger partial charge is 0.108 e. The van der Waals surface area contributed by atoms with Gasteiger partial charge in [0, 0.05) is 43.3 Å². The fourth-order valence-electron chi connectivity index (χ4n) is 2.31. The van der Waals surface area contributed by atoms with Gasteiger partial charge in [0.2, 0.25) is 0 Å². The lowest BCUT2D eigenvalue weighted by molar-refractivity contribution is 0.502. The molecular weight excluding hydrogens is 238 g/mol. The molecule has 0 aliphatic carbocycles. The van der Waals surface area contributed by atoms with Gasteiger partial charge in [-0.15, -0.1) is 0 Å². The van der Waals surface area contributed by atoms with Crippen LogP contribution in [0.3, 0.4) is 0 Å². The molecule has 0 saturated heterocycles. The summed E-state index contributed by atoms with van der Waals surface area (Å²) in [6, 6.07) is 4.22. The standard InChI is InChI=1S/C14H21N5/c1-10-4-5-12(11(2)17-10)13(18-15)6-7-14-16-8-9-19(14)3/h4-5,8-9,13,18H,6-7,15H2,1-3H3. The van der Waals surface area contributed by atoms with Gasteiger partial charge in [-0.05, 0) is 31.9 Å². The van der Waals surface area contributed by atoms with Crippen molar-refractivity contribution in [3.8, 4) is 0 Å². The van der Waals surface area contributed by atoms with Crippen LogP contribution in [0.5, 0.6) is 0 Å². The van der Waals surface area contributed by atoms with Crippen molar-refractivity contribution in [2.45, 2.75) is 32.7 Å². The van der Waals surface area contributed by atoms with Crippen molar-refractivity contribution in [1.82, 2.24) is 20.0 Å². The summed E-state index contributed by atoms with van der Waals surface area (Å²) in [5.41, 5.74) is 6.10. The molecular formula is C14H21N5. The minimum atomic E-state index is 0.102. The van der Waals surface area contributed by atoms with Crippen LogP contribution in [0.4, 0.5) is 0 Å². The lowest BCUT2D eigenvalue weighted by Gasteiger charge is -2.18. The lowest BCUT2D eigenvalue weighted by Crippen LogP contribution is -2.29. The van der Waals surface area contributed by atoms with Gasteiger partial charge in [0.25, 0.3) is 0 Å². The number of rotatable bonds is 5. The molecule has 1 atom stereocenters. The molecule has 2 aromatic rings. The Hall–Kier alpha value is -1.72. The minimum absolute atomic E-state index is 0.102. The highest BCUT2D eigenvalue weighted by atomic mass is 15.2. The molecule has 1 unspecified atom stereocenters. The quantitative estimate of drug-likeness (QED) is 0.631. The topological polar surface area (TPSA) is 68.8 Å². The van der Waals surface area contributed by atoms with Crippen LogP contribution >= 0.6 is 0 Å².